The monoisotopic (exact) mass is 322 g/mol. The van der Waals surface area contributed by atoms with Crippen molar-refractivity contribution in [3.8, 4) is 16.9 Å². The van der Waals surface area contributed by atoms with Crippen LogP contribution in [0.1, 0.15) is 11.1 Å². The van der Waals surface area contributed by atoms with E-state index in [4.69, 9.17) is 5.11 Å². The van der Waals surface area contributed by atoms with Gasteiger partial charge in [0.25, 0.3) is 0 Å². The van der Waals surface area contributed by atoms with Crippen molar-refractivity contribution in [1.29, 1.82) is 0 Å². The summed E-state index contributed by atoms with van der Waals surface area (Å²) in [4.78, 5) is 10.6. The lowest BCUT2D eigenvalue weighted by Gasteiger charge is -2.10. The molecule has 6 heteroatoms. The molecule has 120 valence electrons. The Labute approximate surface area is 130 Å². The van der Waals surface area contributed by atoms with E-state index >= 15 is 0 Å². The summed E-state index contributed by atoms with van der Waals surface area (Å²) in [5.74, 6) is -1.34. The summed E-state index contributed by atoms with van der Waals surface area (Å²) < 4.78 is 40.2. The van der Waals surface area contributed by atoms with E-state index in [0.29, 0.717) is 5.56 Å². The van der Waals surface area contributed by atoms with Gasteiger partial charge >= 0.3 is 12.3 Å². The lowest BCUT2D eigenvalue weighted by Crippen LogP contribution is -2.16. The van der Waals surface area contributed by atoms with Crippen molar-refractivity contribution in [2.24, 2.45) is 0 Å². The fraction of sp³-hybridized carbons (Fsp3) is 0.118. The molecule has 2 rings (SSSR count). The lowest BCUT2D eigenvalue weighted by atomic mass is 9.99. The molecule has 23 heavy (non-hydrogen) atoms. The van der Waals surface area contributed by atoms with Gasteiger partial charge in [0.1, 0.15) is 5.75 Å². The second-order valence-corrected chi connectivity index (χ2v) is 4.82. The van der Waals surface area contributed by atoms with Crippen LogP contribution in [0.25, 0.3) is 17.2 Å². The van der Waals surface area contributed by atoms with E-state index in [-0.39, 0.29) is 5.75 Å². The molecule has 0 amide bonds. The van der Waals surface area contributed by atoms with Gasteiger partial charge in [0.2, 0.25) is 0 Å². The van der Waals surface area contributed by atoms with Crippen molar-refractivity contribution in [2.45, 2.75) is 13.3 Å². The molecule has 0 aromatic heterocycles. The molecular weight excluding hydrogens is 309 g/mol. The van der Waals surface area contributed by atoms with Crippen LogP contribution < -0.4 is 4.74 Å². The molecule has 3 nitrogen and oxygen atoms in total. The molecule has 0 unspecified atom stereocenters. The third-order valence-electron chi connectivity index (χ3n) is 3.11. The normalized spacial score (nSPS) is 11.7. The quantitative estimate of drug-likeness (QED) is 0.833. The van der Waals surface area contributed by atoms with Crippen LogP contribution in [-0.4, -0.2) is 17.4 Å². The van der Waals surface area contributed by atoms with E-state index in [1.165, 1.54) is 30.3 Å². The SMILES string of the molecule is Cc1ccc(-c2ccc(OC(F)(F)F)cc2)cc1/C=C/C(=O)O. The molecule has 0 radical (unpaired) electrons. The van der Waals surface area contributed by atoms with Gasteiger partial charge in [-0.25, -0.2) is 4.79 Å². The molecule has 0 fully saturated rings. The van der Waals surface area contributed by atoms with Crippen LogP contribution in [0.5, 0.6) is 5.75 Å². The molecule has 2 aromatic carbocycles. The Morgan fingerprint density at radius 1 is 1.09 bits per heavy atom. The Kier molecular flexibility index (Phi) is 4.74. The van der Waals surface area contributed by atoms with Gasteiger partial charge in [-0.15, -0.1) is 13.2 Å². The van der Waals surface area contributed by atoms with Gasteiger partial charge in [-0.3, -0.25) is 0 Å². The van der Waals surface area contributed by atoms with Gasteiger partial charge in [0, 0.05) is 6.08 Å². The highest BCUT2D eigenvalue weighted by Crippen LogP contribution is 2.28. The Bertz CT molecular complexity index is 732. The van der Waals surface area contributed by atoms with Gasteiger partial charge in [-0.1, -0.05) is 24.3 Å². The number of hydrogen-bond acceptors (Lipinski definition) is 2. The Balaban J connectivity index is 2.28. The van der Waals surface area contributed by atoms with Crippen molar-refractivity contribution in [3.05, 3.63) is 59.7 Å². The number of aliphatic carboxylic acids is 1. The molecule has 0 heterocycles. The molecule has 1 N–H and O–H groups in total. The van der Waals surface area contributed by atoms with Crippen LogP contribution in [0, 0.1) is 6.92 Å². The van der Waals surface area contributed by atoms with E-state index in [1.807, 2.05) is 19.1 Å². The maximum Gasteiger partial charge on any atom is 0.573 e. The highest BCUT2D eigenvalue weighted by molar-refractivity contribution is 5.86. The van der Waals surface area contributed by atoms with Crippen LogP contribution in [0.2, 0.25) is 0 Å². The van der Waals surface area contributed by atoms with Crippen molar-refractivity contribution < 1.29 is 27.8 Å². The zero-order valence-corrected chi connectivity index (χ0v) is 12.1. The second kappa shape index (κ2) is 6.56. The summed E-state index contributed by atoms with van der Waals surface area (Å²) >= 11 is 0. The summed E-state index contributed by atoms with van der Waals surface area (Å²) in [5, 5.41) is 8.68. The number of aryl methyl sites for hydroxylation is 1. The first-order chi connectivity index (χ1) is 10.7. The van der Waals surface area contributed by atoms with Gasteiger partial charge < -0.3 is 9.84 Å². The van der Waals surface area contributed by atoms with Crippen LogP contribution in [0.4, 0.5) is 13.2 Å². The van der Waals surface area contributed by atoms with Crippen molar-refractivity contribution in [2.75, 3.05) is 0 Å². The topological polar surface area (TPSA) is 46.5 Å². The van der Waals surface area contributed by atoms with Gasteiger partial charge in [0.15, 0.2) is 0 Å². The average molecular weight is 322 g/mol. The molecule has 2 aromatic rings. The summed E-state index contributed by atoms with van der Waals surface area (Å²) in [7, 11) is 0. The van der Waals surface area contributed by atoms with E-state index < -0.39 is 12.3 Å². The molecule has 0 saturated carbocycles. The number of hydrogen-bond donors (Lipinski definition) is 1. The maximum atomic E-state index is 12.1. The largest absolute Gasteiger partial charge is 0.573 e. The Hall–Kier alpha value is -2.76. The summed E-state index contributed by atoms with van der Waals surface area (Å²) in [5.41, 5.74) is 3.08. The molecule has 0 aliphatic carbocycles. The first-order valence-electron chi connectivity index (χ1n) is 6.62. The molecule has 0 aliphatic heterocycles. The van der Waals surface area contributed by atoms with Crippen LogP contribution >= 0.6 is 0 Å². The third kappa shape index (κ3) is 4.88. The van der Waals surface area contributed by atoms with E-state index in [2.05, 4.69) is 4.74 Å². The van der Waals surface area contributed by atoms with E-state index in [0.717, 1.165) is 22.8 Å². The number of carboxylic acid groups (broad SMARTS) is 1. The van der Waals surface area contributed by atoms with Crippen molar-refractivity contribution >= 4 is 12.0 Å². The van der Waals surface area contributed by atoms with Crippen LogP contribution in [0.15, 0.2) is 48.5 Å². The molecule has 0 saturated heterocycles. The number of rotatable bonds is 4. The predicted molar refractivity (Wildman–Crippen MR) is 80.0 cm³/mol. The maximum absolute atomic E-state index is 12.1. The number of ether oxygens (including phenoxy) is 1. The van der Waals surface area contributed by atoms with Crippen molar-refractivity contribution in [1.82, 2.24) is 0 Å². The standard InChI is InChI=1S/C17H13F3O3/c1-11-2-3-14(10-13(11)6-9-16(21)22)12-4-7-15(8-5-12)23-17(18,19)20/h2-10H,1H3,(H,21,22)/b9-6+. The number of alkyl halides is 3. The number of carbonyl (C=O) groups is 1. The first kappa shape index (κ1) is 16.6. The number of halogens is 3. The second-order valence-electron chi connectivity index (χ2n) is 4.82. The fourth-order valence-electron chi connectivity index (χ4n) is 2.01. The summed E-state index contributed by atoms with van der Waals surface area (Å²) in [6.07, 6.45) is -2.21. The number of carboxylic acids is 1. The third-order valence-corrected chi connectivity index (χ3v) is 3.11. The van der Waals surface area contributed by atoms with Gasteiger partial charge in [0.05, 0.1) is 0 Å². The molecule has 0 bridgehead atoms. The minimum absolute atomic E-state index is 0.292. The Morgan fingerprint density at radius 3 is 2.26 bits per heavy atom. The molecule has 0 atom stereocenters. The highest BCUT2D eigenvalue weighted by atomic mass is 19.4. The van der Waals surface area contributed by atoms with Crippen LogP contribution in [-0.2, 0) is 4.79 Å². The van der Waals surface area contributed by atoms with Gasteiger partial charge in [-0.05, 0) is 53.5 Å². The highest BCUT2D eigenvalue weighted by Gasteiger charge is 2.30. The van der Waals surface area contributed by atoms with E-state index in [1.54, 1.807) is 6.07 Å². The average Bonchev–Trinajstić information content (AvgIpc) is 2.45. The minimum Gasteiger partial charge on any atom is -0.478 e. The van der Waals surface area contributed by atoms with E-state index in [9.17, 15) is 18.0 Å². The zero-order chi connectivity index (χ0) is 17.0. The zero-order valence-electron chi connectivity index (χ0n) is 12.1. The molecule has 0 aliphatic rings. The summed E-state index contributed by atoms with van der Waals surface area (Å²) in [6, 6.07) is 10.9. The Morgan fingerprint density at radius 2 is 1.70 bits per heavy atom. The predicted octanol–water partition coefficient (Wildman–Crippen LogP) is 4.66. The smallest absolute Gasteiger partial charge is 0.478 e. The first-order valence-corrected chi connectivity index (χ1v) is 6.62. The van der Waals surface area contributed by atoms with Gasteiger partial charge in [-0.2, -0.15) is 0 Å². The molecular formula is C17H13F3O3. The number of benzene rings is 2. The van der Waals surface area contributed by atoms with Crippen LogP contribution in [0.3, 0.4) is 0 Å². The van der Waals surface area contributed by atoms with Crippen molar-refractivity contribution in [3.63, 3.8) is 0 Å². The summed E-state index contributed by atoms with van der Waals surface area (Å²) in [6.45, 7) is 1.84. The fourth-order valence-corrected chi connectivity index (χ4v) is 2.01. The minimum atomic E-state index is -4.72. The molecule has 0 spiro atoms. The lowest BCUT2D eigenvalue weighted by molar-refractivity contribution is -0.274.